The Labute approximate surface area is 133 Å². The van der Waals surface area contributed by atoms with Crippen LogP contribution in [0.4, 0.5) is 0 Å². The summed E-state index contributed by atoms with van der Waals surface area (Å²) >= 11 is 6.04. The second-order valence-electron chi connectivity index (χ2n) is 5.37. The number of hydrogen-bond donors (Lipinski definition) is 1. The quantitative estimate of drug-likeness (QED) is 0.388. The van der Waals surface area contributed by atoms with Crippen LogP contribution in [-0.4, -0.2) is 11.1 Å². The normalized spacial score (nSPS) is 13.0. The van der Waals surface area contributed by atoms with Gasteiger partial charge in [0.05, 0.1) is 0 Å². The van der Waals surface area contributed by atoms with Crippen molar-refractivity contribution in [1.29, 1.82) is 0 Å². The lowest BCUT2D eigenvalue weighted by Gasteiger charge is -2.20. The summed E-state index contributed by atoms with van der Waals surface area (Å²) in [6, 6.07) is 5.16. The Morgan fingerprint density at radius 1 is 1.23 bits per heavy atom. The van der Waals surface area contributed by atoms with E-state index in [-0.39, 0.29) is 5.75 Å². The average molecular weight is 315 g/mol. The van der Waals surface area contributed by atoms with Crippen molar-refractivity contribution >= 4 is 28.3 Å². The number of aromatic hydroxyl groups is 1. The summed E-state index contributed by atoms with van der Waals surface area (Å²) in [5, 5.41) is 12.3. The SMILES string of the molecule is C=C(C)C(=O)Oc1c2c(c(O)c3cc(Cl)ccc13)CC=CC2. The zero-order chi connectivity index (χ0) is 15.9. The number of carbonyl (C=O) groups excluding carboxylic acids is 1. The number of benzene rings is 2. The smallest absolute Gasteiger partial charge is 0.338 e. The largest absolute Gasteiger partial charge is 0.507 e. The summed E-state index contributed by atoms with van der Waals surface area (Å²) in [6.07, 6.45) is 5.20. The van der Waals surface area contributed by atoms with E-state index >= 15 is 0 Å². The molecule has 1 aliphatic carbocycles. The van der Waals surface area contributed by atoms with Crippen LogP contribution in [0.1, 0.15) is 18.1 Å². The zero-order valence-corrected chi connectivity index (χ0v) is 12.9. The molecule has 0 aliphatic heterocycles. The van der Waals surface area contributed by atoms with Gasteiger partial charge in [0.2, 0.25) is 0 Å². The number of hydrogen-bond acceptors (Lipinski definition) is 3. The van der Waals surface area contributed by atoms with Gasteiger partial charge in [-0.1, -0.05) is 30.3 Å². The second-order valence-corrected chi connectivity index (χ2v) is 5.81. The topological polar surface area (TPSA) is 46.5 Å². The van der Waals surface area contributed by atoms with Gasteiger partial charge in [-0.15, -0.1) is 0 Å². The predicted octanol–water partition coefficient (Wildman–Crippen LogP) is 4.34. The summed E-state index contributed by atoms with van der Waals surface area (Å²) in [6.45, 7) is 5.22. The van der Waals surface area contributed by atoms with Crippen molar-refractivity contribution in [3.8, 4) is 11.5 Å². The van der Waals surface area contributed by atoms with Crippen LogP contribution in [0.15, 0.2) is 42.5 Å². The number of allylic oxidation sites excluding steroid dienone is 2. The molecule has 0 saturated carbocycles. The van der Waals surface area contributed by atoms with Crippen LogP contribution >= 0.6 is 11.6 Å². The van der Waals surface area contributed by atoms with E-state index in [0.29, 0.717) is 40.0 Å². The highest BCUT2D eigenvalue weighted by Crippen LogP contribution is 2.43. The fourth-order valence-electron chi connectivity index (χ4n) is 2.65. The highest BCUT2D eigenvalue weighted by Gasteiger charge is 2.22. The predicted molar refractivity (Wildman–Crippen MR) is 87.6 cm³/mol. The van der Waals surface area contributed by atoms with Crippen LogP contribution in [0.2, 0.25) is 5.02 Å². The Hall–Kier alpha value is -2.26. The molecule has 0 heterocycles. The molecule has 0 spiro atoms. The Morgan fingerprint density at radius 2 is 1.91 bits per heavy atom. The first kappa shape index (κ1) is 14.7. The first-order valence-corrected chi connectivity index (χ1v) is 7.35. The fourth-order valence-corrected chi connectivity index (χ4v) is 2.82. The van der Waals surface area contributed by atoms with E-state index < -0.39 is 5.97 Å². The Morgan fingerprint density at radius 3 is 2.59 bits per heavy atom. The van der Waals surface area contributed by atoms with Gasteiger partial charge in [0.15, 0.2) is 0 Å². The lowest BCUT2D eigenvalue weighted by Crippen LogP contribution is -2.12. The molecule has 0 fully saturated rings. The minimum atomic E-state index is -0.473. The van der Waals surface area contributed by atoms with Crippen molar-refractivity contribution in [1.82, 2.24) is 0 Å². The molecule has 3 nitrogen and oxygen atoms in total. The maximum absolute atomic E-state index is 12.0. The Kier molecular flexibility index (Phi) is 3.67. The zero-order valence-electron chi connectivity index (χ0n) is 12.1. The molecule has 2 aromatic rings. The van der Waals surface area contributed by atoms with Crippen LogP contribution in [0.5, 0.6) is 11.5 Å². The van der Waals surface area contributed by atoms with E-state index in [2.05, 4.69) is 6.58 Å². The Bertz CT molecular complexity index is 834. The number of phenols is 1. The molecule has 0 bridgehead atoms. The number of fused-ring (bicyclic) bond motifs is 2. The number of esters is 1. The molecule has 0 amide bonds. The number of rotatable bonds is 2. The first-order valence-electron chi connectivity index (χ1n) is 6.97. The molecule has 0 atom stereocenters. The van der Waals surface area contributed by atoms with Gasteiger partial charge in [0, 0.05) is 32.5 Å². The van der Waals surface area contributed by atoms with Gasteiger partial charge in [-0.3, -0.25) is 0 Å². The van der Waals surface area contributed by atoms with Gasteiger partial charge in [-0.05, 0) is 38.0 Å². The van der Waals surface area contributed by atoms with Crippen LogP contribution in [-0.2, 0) is 17.6 Å². The molecule has 112 valence electrons. The van der Waals surface area contributed by atoms with Crippen molar-refractivity contribution in [2.75, 3.05) is 0 Å². The molecule has 22 heavy (non-hydrogen) atoms. The molecule has 2 aromatic carbocycles. The van der Waals surface area contributed by atoms with Gasteiger partial charge in [0.25, 0.3) is 0 Å². The van der Waals surface area contributed by atoms with Crippen LogP contribution < -0.4 is 4.74 Å². The minimum absolute atomic E-state index is 0.201. The molecule has 0 aromatic heterocycles. The van der Waals surface area contributed by atoms with Crippen molar-refractivity contribution < 1.29 is 14.6 Å². The maximum Gasteiger partial charge on any atom is 0.338 e. The van der Waals surface area contributed by atoms with E-state index in [1.54, 1.807) is 25.1 Å². The molecular formula is C18H15ClO3. The highest BCUT2D eigenvalue weighted by atomic mass is 35.5. The van der Waals surface area contributed by atoms with Gasteiger partial charge < -0.3 is 9.84 Å². The standard InChI is InChI=1S/C18H15ClO3/c1-10(2)18(21)22-17-13-6-4-3-5-12(13)16(20)15-9-11(19)7-8-14(15)17/h3-4,7-9,20H,1,5-6H2,2H3. The van der Waals surface area contributed by atoms with Crippen LogP contribution in [0.3, 0.4) is 0 Å². The number of halogens is 1. The van der Waals surface area contributed by atoms with E-state index in [0.717, 1.165) is 11.1 Å². The van der Waals surface area contributed by atoms with Gasteiger partial charge in [-0.25, -0.2) is 4.79 Å². The third-order valence-electron chi connectivity index (χ3n) is 3.76. The van der Waals surface area contributed by atoms with E-state index in [4.69, 9.17) is 16.3 Å². The molecule has 3 rings (SSSR count). The lowest BCUT2D eigenvalue weighted by atomic mass is 9.91. The number of carbonyl (C=O) groups is 1. The molecule has 0 saturated heterocycles. The van der Waals surface area contributed by atoms with Gasteiger partial charge in [-0.2, -0.15) is 0 Å². The fraction of sp³-hybridized carbons (Fsp3) is 0.167. The van der Waals surface area contributed by atoms with Crippen molar-refractivity contribution in [3.63, 3.8) is 0 Å². The average Bonchev–Trinajstić information content (AvgIpc) is 2.51. The summed E-state index contributed by atoms with van der Waals surface area (Å²) < 4.78 is 5.56. The summed E-state index contributed by atoms with van der Waals surface area (Å²) in [5.74, 6) is 0.211. The minimum Gasteiger partial charge on any atom is -0.507 e. The van der Waals surface area contributed by atoms with E-state index in [1.807, 2.05) is 12.2 Å². The van der Waals surface area contributed by atoms with E-state index in [1.165, 1.54) is 0 Å². The monoisotopic (exact) mass is 314 g/mol. The molecule has 0 unspecified atom stereocenters. The second kappa shape index (κ2) is 5.50. The third kappa shape index (κ3) is 2.38. The molecule has 1 aliphatic rings. The maximum atomic E-state index is 12.0. The number of ether oxygens (including phenoxy) is 1. The molecule has 1 N–H and O–H groups in total. The third-order valence-corrected chi connectivity index (χ3v) is 3.99. The summed E-state index contributed by atoms with van der Waals surface area (Å²) in [7, 11) is 0. The summed E-state index contributed by atoms with van der Waals surface area (Å²) in [5.41, 5.74) is 1.95. The van der Waals surface area contributed by atoms with Crippen molar-refractivity contribution in [2.24, 2.45) is 0 Å². The lowest BCUT2D eigenvalue weighted by molar-refractivity contribution is -0.130. The van der Waals surface area contributed by atoms with Gasteiger partial charge >= 0.3 is 5.97 Å². The molecule has 0 radical (unpaired) electrons. The van der Waals surface area contributed by atoms with Crippen LogP contribution in [0.25, 0.3) is 10.8 Å². The Balaban J connectivity index is 2.31. The van der Waals surface area contributed by atoms with Crippen molar-refractivity contribution in [3.05, 3.63) is 58.7 Å². The number of phenolic OH excluding ortho intramolecular Hbond substituents is 1. The van der Waals surface area contributed by atoms with Crippen LogP contribution in [0, 0.1) is 0 Å². The summed E-state index contributed by atoms with van der Waals surface area (Å²) in [4.78, 5) is 12.0. The van der Waals surface area contributed by atoms with E-state index in [9.17, 15) is 9.90 Å². The van der Waals surface area contributed by atoms with Gasteiger partial charge in [0.1, 0.15) is 11.5 Å². The highest BCUT2D eigenvalue weighted by molar-refractivity contribution is 6.31. The first-order chi connectivity index (χ1) is 10.5. The molecular weight excluding hydrogens is 300 g/mol. The van der Waals surface area contributed by atoms with Crippen molar-refractivity contribution in [2.45, 2.75) is 19.8 Å². The molecule has 4 heteroatoms.